The number of aryl methyl sites for hydroxylation is 1. The molecule has 4 nitrogen and oxygen atoms in total. The van der Waals surface area contributed by atoms with Crippen molar-refractivity contribution in [2.75, 3.05) is 13.2 Å². The Morgan fingerprint density at radius 2 is 2.50 bits per heavy atom. The van der Waals surface area contributed by atoms with Crippen molar-refractivity contribution in [3.05, 3.63) is 18.2 Å². The van der Waals surface area contributed by atoms with Gasteiger partial charge in [-0.15, -0.1) is 0 Å². The van der Waals surface area contributed by atoms with Crippen molar-refractivity contribution < 1.29 is 9.84 Å². The Labute approximate surface area is 70.8 Å². The van der Waals surface area contributed by atoms with Crippen LogP contribution >= 0.6 is 0 Å². The molecule has 2 atom stereocenters. The monoisotopic (exact) mass is 168 g/mol. The average molecular weight is 168 g/mol. The van der Waals surface area contributed by atoms with Crippen LogP contribution in [0.25, 0.3) is 0 Å². The molecule has 0 radical (unpaired) electrons. The first kappa shape index (κ1) is 7.76. The number of nitrogens with zero attached hydrogens (tertiary/aromatic N) is 2. The number of imidazole rings is 1. The number of ether oxygens (including phenoxy) is 1. The van der Waals surface area contributed by atoms with Crippen LogP contribution in [0, 0.1) is 0 Å². The molecule has 1 fully saturated rings. The van der Waals surface area contributed by atoms with Crippen LogP contribution < -0.4 is 0 Å². The molecule has 1 saturated heterocycles. The van der Waals surface area contributed by atoms with Crippen molar-refractivity contribution >= 4 is 0 Å². The highest BCUT2D eigenvalue weighted by atomic mass is 16.5. The summed E-state index contributed by atoms with van der Waals surface area (Å²) in [4.78, 5) is 4.17. The standard InChI is InChI=1S/C8H12N2O2/c1-10-3-2-9-8(10)6-4-12-5-7(6)11/h2-3,6-7,11H,4-5H2,1H3/t6-,7-/m1/s1. The Bertz CT molecular complexity index is 272. The highest BCUT2D eigenvalue weighted by Crippen LogP contribution is 2.23. The summed E-state index contributed by atoms with van der Waals surface area (Å²) < 4.78 is 7.06. The third-order valence-electron chi connectivity index (χ3n) is 2.24. The Balaban J connectivity index is 2.24. The third kappa shape index (κ3) is 1.13. The van der Waals surface area contributed by atoms with Crippen LogP contribution in [0.2, 0.25) is 0 Å². The van der Waals surface area contributed by atoms with E-state index in [1.54, 1.807) is 6.20 Å². The summed E-state index contributed by atoms with van der Waals surface area (Å²) in [6.45, 7) is 1.00. The molecule has 1 aliphatic heterocycles. The molecule has 0 bridgehead atoms. The minimum absolute atomic E-state index is 0.0463. The van der Waals surface area contributed by atoms with Crippen molar-refractivity contribution in [2.24, 2.45) is 7.05 Å². The Morgan fingerprint density at radius 3 is 3.00 bits per heavy atom. The Kier molecular flexibility index (Phi) is 1.86. The highest BCUT2D eigenvalue weighted by molar-refractivity contribution is 5.04. The van der Waals surface area contributed by atoms with Gasteiger partial charge < -0.3 is 14.4 Å². The number of hydrogen-bond acceptors (Lipinski definition) is 3. The molecule has 1 N–H and O–H groups in total. The lowest BCUT2D eigenvalue weighted by molar-refractivity contribution is 0.124. The molecular formula is C8H12N2O2. The number of aliphatic hydroxyl groups excluding tert-OH is 1. The van der Waals surface area contributed by atoms with E-state index in [1.807, 2.05) is 17.8 Å². The van der Waals surface area contributed by atoms with Gasteiger partial charge in [0, 0.05) is 19.4 Å². The summed E-state index contributed by atoms with van der Waals surface area (Å²) in [6, 6.07) is 0. The molecule has 2 heterocycles. The second-order valence-electron chi connectivity index (χ2n) is 3.11. The molecule has 1 aromatic rings. The van der Waals surface area contributed by atoms with Crippen LogP contribution in [0.5, 0.6) is 0 Å². The first-order valence-electron chi connectivity index (χ1n) is 4.02. The van der Waals surface area contributed by atoms with Crippen LogP contribution in [0.15, 0.2) is 12.4 Å². The lowest BCUT2D eigenvalue weighted by Gasteiger charge is -2.11. The third-order valence-corrected chi connectivity index (χ3v) is 2.24. The van der Waals surface area contributed by atoms with E-state index in [1.165, 1.54) is 0 Å². The van der Waals surface area contributed by atoms with Crippen LogP contribution in [-0.4, -0.2) is 34.0 Å². The summed E-state index contributed by atoms with van der Waals surface area (Å²) in [6.07, 6.45) is 3.21. The van der Waals surface area contributed by atoms with E-state index in [0.29, 0.717) is 13.2 Å². The minimum atomic E-state index is -0.397. The van der Waals surface area contributed by atoms with Gasteiger partial charge in [-0.3, -0.25) is 0 Å². The van der Waals surface area contributed by atoms with Gasteiger partial charge in [-0.1, -0.05) is 0 Å². The summed E-state index contributed by atoms with van der Waals surface area (Å²) in [5.74, 6) is 0.949. The quantitative estimate of drug-likeness (QED) is 0.636. The van der Waals surface area contributed by atoms with Crippen molar-refractivity contribution in [1.29, 1.82) is 0 Å². The first-order valence-corrected chi connectivity index (χ1v) is 4.02. The van der Waals surface area contributed by atoms with Crippen LogP contribution in [0.1, 0.15) is 11.7 Å². The van der Waals surface area contributed by atoms with Crippen molar-refractivity contribution in [1.82, 2.24) is 9.55 Å². The van der Waals surface area contributed by atoms with E-state index in [2.05, 4.69) is 4.98 Å². The SMILES string of the molecule is Cn1ccnc1[C@@H]1COC[C@H]1O. The van der Waals surface area contributed by atoms with Gasteiger partial charge >= 0.3 is 0 Å². The summed E-state index contributed by atoms with van der Waals surface area (Å²) in [7, 11) is 1.92. The van der Waals surface area contributed by atoms with E-state index in [-0.39, 0.29) is 5.92 Å². The Morgan fingerprint density at radius 1 is 1.67 bits per heavy atom. The molecule has 0 unspecified atom stereocenters. The van der Waals surface area contributed by atoms with Crippen LogP contribution in [-0.2, 0) is 11.8 Å². The fourth-order valence-electron chi connectivity index (χ4n) is 1.52. The highest BCUT2D eigenvalue weighted by Gasteiger charge is 2.30. The largest absolute Gasteiger partial charge is 0.390 e. The van der Waals surface area contributed by atoms with Crippen LogP contribution in [0.3, 0.4) is 0 Å². The lowest BCUT2D eigenvalue weighted by atomic mass is 10.1. The molecular weight excluding hydrogens is 156 g/mol. The molecule has 0 amide bonds. The van der Waals surface area contributed by atoms with Gasteiger partial charge in [0.15, 0.2) is 0 Å². The molecule has 2 rings (SSSR count). The van der Waals surface area contributed by atoms with E-state index in [4.69, 9.17) is 4.74 Å². The molecule has 1 aliphatic rings. The normalized spacial score (nSPS) is 29.5. The van der Waals surface area contributed by atoms with Gasteiger partial charge in [-0.05, 0) is 0 Å². The summed E-state index contributed by atoms with van der Waals surface area (Å²) in [5.41, 5.74) is 0. The summed E-state index contributed by atoms with van der Waals surface area (Å²) >= 11 is 0. The van der Waals surface area contributed by atoms with E-state index < -0.39 is 6.10 Å². The molecule has 12 heavy (non-hydrogen) atoms. The number of aliphatic hydroxyl groups is 1. The van der Waals surface area contributed by atoms with Crippen molar-refractivity contribution in [3.8, 4) is 0 Å². The zero-order valence-corrected chi connectivity index (χ0v) is 6.97. The van der Waals surface area contributed by atoms with Gasteiger partial charge in [0.2, 0.25) is 0 Å². The van der Waals surface area contributed by atoms with Gasteiger partial charge in [-0.2, -0.15) is 0 Å². The maximum atomic E-state index is 9.51. The number of hydrogen-bond donors (Lipinski definition) is 1. The average Bonchev–Trinajstić information content (AvgIpc) is 2.59. The lowest BCUT2D eigenvalue weighted by Crippen LogP contribution is -2.18. The molecule has 0 spiro atoms. The zero-order chi connectivity index (χ0) is 8.55. The molecule has 1 aromatic heterocycles. The first-order chi connectivity index (χ1) is 5.79. The Hall–Kier alpha value is -0.870. The maximum absolute atomic E-state index is 9.51. The summed E-state index contributed by atoms with van der Waals surface area (Å²) in [5, 5.41) is 9.51. The maximum Gasteiger partial charge on any atom is 0.116 e. The zero-order valence-electron chi connectivity index (χ0n) is 6.97. The van der Waals surface area contributed by atoms with Crippen molar-refractivity contribution in [3.63, 3.8) is 0 Å². The van der Waals surface area contributed by atoms with Crippen LogP contribution in [0.4, 0.5) is 0 Å². The minimum Gasteiger partial charge on any atom is -0.390 e. The molecule has 66 valence electrons. The second kappa shape index (κ2) is 2.88. The van der Waals surface area contributed by atoms with E-state index in [9.17, 15) is 5.11 Å². The second-order valence-corrected chi connectivity index (χ2v) is 3.11. The van der Waals surface area contributed by atoms with Gasteiger partial charge in [0.05, 0.1) is 25.2 Å². The molecule has 0 aromatic carbocycles. The molecule has 0 aliphatic carbocycles. The van der Waals surface area contributed by atoms with E-state index in [0.717, 1.165) is 5.82 Å². The number of aromatic nitrogens is 2. The van der Waals surface area contributed by atoms with Gasteiger partial charge in [-0.25, -0.2) is 4.98 Å². The molecule has 0 saturated carbocycles. The predicted molar refractivity (Wildman–Crippen MR) is 42.8 cm³/mol. The fourth-order valence-corrected chi connectivity index (χ4v) is 1.52. The fraction of sp³-hybridized carbons (Fsp3) is 0.625. The van der Waals surface area contributed by atoms with Gasteiger partial charge in [0.25, 0.3) is 0 Å². The predicted octanol–water partition coefficient (Wildman–Crippen LogP) is -0.105. The number of rotatable bonds is 1. The molecule has 4 heteroatoms. The topological polar surface area (TPSA) is 47.3 Å². The van der Waals surface area contributed by atoms with E-state index >= 15 is 0 Å². The van der Waals surface area contributed by atoms with Gasteiger partial charge in [0.1, 0.15) is 5.82 Å². The smallest absolute Gasteiger partial charge is 0.116 e. The van der Waals surface area contributed by atoms with Crippen molar-refractivity contribution in [2.45, 2.75) is 12.0 Å².